The van der Waals surface area contributed by atoms with E-state index < -0.39 is 0 Å². The second-order valence-electron chi connectivity index (χ2n) is 6.12. The quantitative estimate of drug-likeness (QED) is 0.587. The van der Waals surface area contributed by atoms with Crippen LogP contribution >= 0.6 is 0 Å². The summed E-state index contributed by atoms with van der Waals surface area (Å²) in [5.41, 5.74) is 3.20. The van der Waals surface area contributed by atoms with Gasteiger partial charge in [-0.3, -0.25) is 4.98 Å². The Hall–Kier alpha value is -3.13. The fraction of sp³-hybridized carbons (Fsp3) is 0.235. The van der Waals surface area contributed by atoms with Crippen molar-refractivity contribution in [2.75, 3.05) is 18.4 Å². The van der Waals surface area contributed by atoms with Crippen LogP contribution in [0.15, 0.2) is 42.7 Å². The van der Waals surface area contributed by atoms with Crippen LogP contribution in [0.3, 0.4) is 0 Å². The number of pyridine rings is 1. The predicted molar refractivity (Wildman–Crippen MR) is 94.7 cm³/mol. The van der Waals surface area contributed by atoms with Gasteiger partial charge in [-0.05, 0) is 37.2 Å². The molecule has 5 rings (SSSR count). The Bertz CT molecular complexity index is 1050. The van der Waals surface area contributed by atoms with Crippen LogP contribution in [-0.2, 0) is 0 Å². The van der Waals surface area contributed by atoms with Crippen LogP contribution in [0, 0.1) is 0 Å². The van der Waals surface area contributed by atoms with Crippen molar-refractivity contribution in [1.29, 1.82) is 0 Å². The Kier molecular flexibility index (Phi) is 3.27. The van der Waals surface area contributed by atoms with E-state index >= 15 is 0 Å². The molecule has 1 aliphatic rings. The van der Waals surface area contributed by atoms with E-state index in [0.717, 1.165) is 36.1 Å². The van der Waals surface area contributed by atoms with Gasteiger partial charge in [-0.15, -0.1) is 5.10 Å². The number of nitrogens with one attached hydrogen (secondary N) is 2. The normalized spacial score (nSPS) is 17.4. The number of nitrogens with zero attached hydrogens (tertiary/aromatic N) is 6. The molecule has 0 radical (unpaired) electrons. The zero-order chi connectivity index (χ0) is 16.6. The van der Waals surface area contributed by atoms with Crippen molar-refractivity contribution in [2.45, 2.75) is 12.5 Å². The average molecular weight is 332 g/mol. The number of anilines is 1. The molecule has 8 nitrogen and oxygen atoms in total. The SMILES string of the molecule is c1cnc2ccc(-n3nnc4cnc(N[C@@H]5CCNC5)nc43)cc2c1. The molecule has 8 heteroatoms. The number of hydrogen-bond donors (Lipinski definition) is 2. The molecular weight excluding hydrogens is 316 g/mol. The highest BCUT2D eigenvalue weighted by Gasteiger charge is 2.16. The molecule has 0 saturated carbocycles. The maximum atomic E-state index is 4.63. The van der Waals surface area contributed by atoms with Gasteiger partial charge in [-0.1, -0.05) is 11.3 Å². The molecule has 0 aliphatic carbocycles. The lowest BCUT2D eigenvalue weighted by Crippen LogP contribution is -2.23. The number of rotatable bonds is 3. The van der Waals surface area contributed by atoms with E-state index in [0.29, 0.717) is 23.2 Å². The van der Waals surface area contributed by atoms with Crippen LogP contribution in [0.1, 0.15) is 6.42 Å². The molecule has 4 heterocycles. The summed E-state index contributed by atoms with van der Waals surface area (Å²) in [6, 6.07) is 10.3. The van der Waals surface area contributed by atoms with Crippen molar-refractivity contribution < 1.29 is 0 Å². The topological polar surface area (TPSA) is 93.4 Å². The Morgan fingerprint density at radius 3 is 3.08 bits per heavy atom. The first-order chi connectivity index (χ1) is 12.4. The van der Waals surface area contributed by atoms with Gasteiger partial charge >= 0.3 is 0 Å². The summed E-state index contributed by atoms with van der Waals surface area (Å²) in [6.07, 6.45) is 4.56. The number of fused-ring (bicyclic) bond motifs is 2. The third-order valence-corrected chi connectivity index (χ3v) is 4.42. The summed E-state index contributed by atoms with van der Waals surface area (Å²) in [5, 5.41) is 16.2. The summed E-state index contributed by atoms with van der Waals surface area (Å²) in [6.45, 7) is 1.95. The molecule has 3 aromatic heterocycles. The van der Waals surface area contributed by atoms with Gasteiger partial charge in [0.15, 0.2) is 11.2 Å². The van der Waals surface area contributed by atoms with Crippen molar-refractivity contribution >= 4 is 28.0 Å². The molecule has 1 aliphatic heterocycles. The zero-order valence-corrected chi connectivity index (χ0v) is 13.4. The van der Waals surface area contributed by atoms with E-state index in [2.05, 4.69) is 35.9 Å². The molecule has 0 amide bonds. The Labute approximate surface area is 143 Å². The van der Waals surface area contributed by atoms with Gasteiger partial charge in [-0.2, -0.15) is 9.67 Å². The lowest BCUT2D eigenvalue weighted by Gasteiger charge is -2.10. The molecule has 0 spiro atoms. The molecule has 1 saturated heterocycles. The van der Waals surface area contributed by atoms with Gasteiger partial charge in [0.25, 0.3) is 0 Å². The first-order valence-corrected chi connectivity index (χ1v) is 8.28. The standard InChI is InChI=1S/C17H16N8/c1-2-11-8-13(3-4-14(11)19-6-1)25-16-15(23-24-25)10-20-17(22-16)21-12-5-7-18-9-12/h1-4,6,8,10,12,18H,5,7,9H2,(H,20,21,22)/t12-/m1/s1. The average Bonchev–Trinajstić information content (AvgIpc) is 3.31. The summed E-state index contributed by atoms with van der Waals surface area (Å²) in [7, 11) is 0. The largest absolute Gasteiger partial charge is 0.350 e. The van der Waals surface area contributed by atoms with Gasteiger partial charge in [0.2, 0.25) is 5.95 Å². The van der Waals surface area contributed by atoms with Crippen LogP contribution in [-0.4, -0.2) is 49.1 Å². The summed E-state index contributed by atoms with van der Waals surface area (Å²) >= 11 is 0. The number of benzene rings is 1. The fourth-order valence-electron chi connectivity index (χ4n) is 3.13. The van der Waals surface area contributed by atoms with E-state index in [9.17, 15) is 0 Å². The number of aromatic nitrogens is 6. The van der Waals surface area contributed by atoms with E-state index in [4.69, 9.17) is 0 Å². The molecule has 1 aromatic carbocycles. The zero-order valence-electron chi connectivity index (χ0n) is 13.4. The third kappa shape index (κ3) is 2.56. The Morgan fingerprint density at radius 2 is 2.16 bits per heavy atom. The minimum absolute atomic E-state index is 0.355. The minimum Gasteiger partial charge on any atom is -0.350 e. The lowest BCUT2D eigenvalue weighted by molar-refractivity contribution is 0.779. The van der Waals surface area contributed by atoms with E-state index in [-0.39, 0.29) is 0 Å². The first kappa shape index (κ1) is 14.2. The van der Waals surface area contributed by atoms with E-state index in [1.807, 2.05) is 30.3 Å². The second-order valence-corrected chi connectivity index (χ2v) is 6.12. The molecule has 4 aromatic rings. The predicted octanol–water partition coefficient (Wildman–Crippen LogP) is 1.53. The van der Waals surface area contributed by atoms with Gasteiger partial charge < -0.3 is 10.6 Å². The van der Waals surface area contributed by atoms with Gasteiger partial charge in [-0.25, -0.2) is 4.98 Å². The molecule has 1 fully saturated rings. The van der Waals surface area contributed by atoms with Gasteiger partial charge in [0.1, 0.15) is 0 Å². The highest BCUT2D eigenvalue weighted by Crippen LogP contribution is 2.20. The fourth-order valence-corrected chi connectivity index (χ4v) is 3.13. The maximum Gasteiger partial charge on any atom is 0.225 e. The van der Waals surface area contributed by atoms with E-state index in [1.165, 1.54) is 0 Å². The van der Waals surface area contributed by atoms with E-state index in [1.54, 1.807) is 17.1 Å². The summed E-state index contributed by atoms with van der Waals surface area (Å²) in [4.78, 5) is 13.3. The minimum atomic E-state index is 0.355. The Balaban J connectivity index is 1.57. The first-order valence-electron chi connectivity index (χ1n) is 8.28. The Morgan fingerprint density at radius 1 is 1.16 bits per heavy atom. The van der Waals surface area contributed by atoms with Gasteiger partial charge in [0.05, 0.1) is 17.4 Å². The number of hydrogen-bond acceptors (Lipinski definition) is 7. The summed E-state index contributed by atoms with van der Waals surface area (Å²) in [5.74, 6) is 0.604. The van der Waals surface area contributed by atoms with Crippen molar-refractivity contribution in [1.82, 2.24) is 35.3 Å². The van der Waals surface area contributed by atoms with Crippen LogP contribution < -0.4 is 10.6 Å². The lowest BCUT2D eigenvalue weighted by atomic mass is 10.2. The highest BCUT2D eigenvalue weighted by molar-refractivity contribution is 5.81. The van der Waals surface area contributed by atoms with Crippen molar-refractivity contribution in [3.63, 3.8) is 0 Å². The second kappa shape index (κ2) is 5.75. The molecule has 2 N–H and O–H groups in total. The van der Waals surface area contributed by atoms with Crippen LogP contribution in [0.5, 0.6) is 0 Å². The monoisotopic (exact) mass is 332 g/mol. The molecule has 0 unspecified atom stereocenters. The maximum absolute atomic E-state index is 4.63. The smallest absolute Gasteiger partial charge is 0.225 e. The van der Waals surface area contributed by atoms with Gasteiger partial charge in [0, 0.05) is 24.2 Å². The highest BCUT2D eigenvalue weighted by atomic mass is 15.4. The van der Waals surface area contributed by atoms with Crippen LogP contribution in [0.2, 0.25) is 0 Å². The molecule has 25 heavy (non-hydrogen) atoms. The molecule has 0 bridgehead atoms. The summed E-state index contributed by atoms with van der Waals surface area (Å²) < 4.78 is 1.74. The van der Waals surface area contributed by atoms with Crippen molar-refractivity contribution in [2.24, 2.45) is 0 Å². The molecule has 1 atom stereocenters. The van der Waals surface area contributed by atoms with Crippen LogP contribution in [0.25, 0.3) is 27.8 Å². The van der Waals surface area contributed by atoms with Crippen molar-refractivity contribution in [3.05, 3.63) is 42.7 Å². The van der Waals surface area contributed by atoms with Crippen molar-refractivity contribution in [3.8, 4) is 5.69 Å². The molecule has 124 valence electrons. The molecular formula is C17H16N8. The third-order valence-electron chi connectivity index (χ3n) is 4.42. The van der Waals surface area contributed by atoms with Crippen LogP contribution in [0.4, 0.5) is 5.95 Å².